The molecule has 2 fully saturated rings. The Morgan fingerprint density at radius 2 is 2.04 bits per heavy atom. The highest BCUT2D eigenvalue weighted by Crippen LogP contribution is 2.43. The van der Waals surface area contributed by atoms with E-state index >= 15 is 4.39 Å². The molecule has 28 heavy (non-hydrogen) atoms. The molecule has 1 saturated carbocycles. The zero-order valence-electron chi connectivity index (χ0n) is 16.2. The van der Waals surface area contributed by atoms with Crippen molar-refractivity contribution < 1.29 is 19.0 Å². The number of ether oxygens (including phenoxy) is 1. The lowest BCUT2D eigenvalue weighted by Crippen LogP contribution is -2.50. The molecule has 2 heterocycles. The Hall–Kier alpha value is -2.61. The van der Waals surface area contributed by atoms with E-state index in [0.29, 0.717) is 30.0 Å². The molecule has 0 amide bonds. The van der Waals surface area contributed by atoms with E-state index in [2.05, 4.69) is 11.8 Å². The molecular weight excluding hydrogens is 365 g/mol. The van der Waals surface area contributed by atoms with Gasteiger partial charge < -0.3 is 24.2 Å². The predicted octanol–water partition coefficient (Wildman–Crippen LogP) is 2.32. The monoisotopic (exact) mass is 389 g/mol. The van der Waals surface area contributed by atoms with E-state index in [-0.39, 0.29) is 23.0 Å². The van der Waals surface area contributed by atoms with Gasteiger partial charge in [-0.25, -0.2) is 9.18 Å². The molecule has 1 aliphatic carbocycles. The van der Waals surface area contributed by atoms with Crippen molar-refractivity contribution in [3.05, 3.63) is 33.9 Å². The van der Waals surface area contributed by atoms with E-state index in [1.54, 1.807) is 4.57 Å². The number of hydrogen-bond acceptors (Lipinski definition) is 5. The van der Waals surface area contributed by atoms with Crippen LogP contribution < -0.4 is 15.1 Å². The van der Waals surface area contributed by atoms with Gasteiger partial charge in [0.2, 0.25) is 5.43 Å². The molecule has 1 N–H and O–H groups in total. The van der Waals surface area contributed by atoms with E-state index in [1.807, 2.05) is 11.9 Å². The van der Waals surface area contributed by atoms with Crippen molar-refractivity contribution >= 4 is 22.6 Å². The maximum atomic E-state index is 15.2. The number of carboxylic acids is 1. The number of nitrogens with zero attached hydrogens (tertiary/aromatic N) is 3. The molecule has 1 atom stereocenters. The quantitative estimate of drug-likeness (QED) is 0.865. The summed E-state index contributed by atoms with van der Waals surface area (Å²) in [5.74, 6) is -1.58. The number of benzene rings is 1. The molecule has 8 heteroatoms. The molecule has 0 bridgehead atoms. The number of carbonyl (C=O) groups is 1. The number of piperazine rings is 1. The normalized spacial score (nSPS) is 20.6. The predicted molar refractivity (Wildman–Crippen MR) is 104 cm³/mol. The third-order valence-corrected chi connectivity index (χ3v) is 5.85. The SMILES string of the molecule is COc1c(N2CCN(C)[C@H](C)C2)c(F)cc2c(=O)c(C(=O)O)cn(C3CC3)c12. The lowest BCUT2D eigenvalue weighted by molar-refractivity contribution is 0.0695. The number of likely N-dealkylation sites (N-methyl/N-ethyl adjacent to an activating group) is 1. The number of methoxy groups -OCH3 is 1. The van der Waals surface area contributed by atoms with Crippen LogP contribution in [-0.4, -0.2) is 60.4 Å². The van der Waals surface area contributed by atoms with Gasteiger partial charge in [-0.05, 0) is 32.9 Å². The molecule has 0 spiro atoms. The van der Waals surface area contributed by atoms with E-state index < -0.39 is 17.2 Å². The minimum atomic E-state index is -1.31. The van der Waals surface area contributed by atoms with Crippen LogP contribution >= 0.6 is 0 Å². The topological polar surface area (TPSA) is 75.0 Å². The summed E-state index contributed by atoms with van der Waals surface area (Å²) >= 11 is 0. The van der Waals surface area contributed by atoms with Gasteiger partial charge >= 0.3 is 5.97 Å². The molecule has 7 nitrogen and oxygen atoms in total. The van der Waals surface area contributed by atoms with Crippen LogP contribution in [0.15, 0.2) is 17.1 Å². The Kier molecular flexibility index (Phi) is 4.53. The largest absolute Gasteiger partial charge is 0.492 e. The highest BCUT2D eigenvalue weighted by Gasteiger charge is 2.32. The molecule has 2 aromatic rings. The first-order valence-electron chi connectivity index (χ1n) is 9.47. The fraction of sp³-hybridized carbons (Fsp3) is 0.500. The number of aromatic carboxylic acids is 1. The maximum absolute atomic E-state index is 15.2. The van der Waals surface area contributed by atoms with Crippen LogP contribution in [0.25, 0.3) is 10.9 Å². The minimum Gasteiger partial charge on any atom is -0.492 e. The first-order valence-corrected chi connectivity index (χ1v) is 9.47. The first-order chi connectivity index (χ1) is 13.3. The zero-order valence-corrected chi connectivity index (χ0v) is 16.2. The number of rotatable bonds is 4. The van der Waals surface area contributed by atoms with Crippen molar-refractivity contribution in [2.75, 3.05) is 38.7 Å². The van der Waals surface area contributed by atoms with Gasteiger partial charge in [-0.3, -0.25) is 4.79 Å². The van der Waals surface area contributed by atoms with Gasteiger partial charge in [-0.2, -0.15) is 0 Å². The van der Waals surface area contributed by atoms with Crippen molar-refractivity contribution in [1.29, 1.82) is 0 Å². The molecular formula is C20H24FN3O4. The van der Waals surface area contributed by atoms with Gasteiger partial charge in [0.1, 0.15) is 11.3 Å². The average Bonchev–Trinajstić information content (AvgIpc) is 3.48. The Bertz CT molecular complexity index is 1010. The lowest BCUT2D eigenvalue weighted by atomic mass is 10.1. The zero-order chi connectivity index (χ0) is 20.2. The Labute approximate surface area is 161 Å². The van der Waals surface area contributed by atoms with Crippen LogP contribution in [0.3, 0.4) is 0 Å². The number of anilines is 1. The van der Waals surface area contributed by atoms with E-state index in [1.165, 1.54) is 19.4 Å². The van der Waals surface area contributed by atoms with E-state index in [9.17, 15) is 14.7 Å². The Balaban J connectivity index is 1.99. The summed E-state index contributed by atoms with van der Waals surface area (Å²) in [6.07, 6.45) is 3.15. The summed E-state index contributed by atoms with van der Waals surface area (Å²) in [6, 6.07) is 1.51. The average molecular weight is 389 g/mol. The minimum absolute atomic E-state index is 0.0482. The standard InChI is InChI=1S/C20H24FN3O4/c1-11-9-23(7-6-22(11)2)17-15(21)8-13-16(19(17)28-3)24(12-4-5-12)10-14(18(13)25)20(26)27/h8,10-12H,4-7,9H2,1-3H3,(H,26,27)/t11-/m1/s1. The van der Waals surface area contributed by atoms with Gasteiger partial charge in [-0.1, -0.05) is 0 Å². The molecule has 2 aliphatic rings. The fourth-order valence-electron chi connectivity index (χ4n) is 3.98. The van der Waals surface area contributed by atoms with E-state index in [4.69, 9.17) is 4.74 Å². The number of aromatic nitrogens is 1. The van der Waals surface area contributed by atoms with Gasteiger partial charge in [-0.15, -0.1) is 0 Å². The van der Waals surface area contributed by atoms with Crippen LogP contribution in [0.5, 0.6) is 5.75 Å². The summed E-state index contributed by atoms with van der Waals surface area (Å²) in [6.45, 7) is 4.14. The van der Waals surface area contributed by atoms with Gasteiger partial charge in [0.15, 0.2) is 11.6 Å². The molecule has 0 radical (unpaired) electrons. The molecule has 1 aliphatic heterocycles. The third-order valence-electron chi connectivity index (χ3n) is 5.85. The Morgan fingerprint density at radius 1 is 1.32 bits per heavy atom. The number of carboxylic acid groups (broad SMARTS) is 1. The maximum Gasteiger partial charge on any atom is 0.341 e. The summed E-state index contributed by atoms with van der Waals surface area (Å²) in [4.78, 5) is 28.4. The smallest absolute Gasteiger partial charge is 0.341 e. The van der Waals surface area contributed by atoms with Crippen LogP contribution in [0.4, 0.5) is 10.1 Å². The first kappa shape index (κ1) is 18.7. The van der Waals surface area contributed by atoms with Crippen molar-refractivity contribution in [3.8, 4) is 5.75 Å². The van der Waals surface area contributed by atoms with Crippen molar-refractivity contribution in [1.82, 2.24) is 9.47 Å². The second-order valence-electron chi connectivity index (χ2n) is 7.73. The number of pyridine rings is 1. The van der Waals surface area contributed by atoms with Crippen molar-refractivity contribution in [3.63, 3.8) is 0 Å². The second kappa shape index (κ2) is 6.77. The number of halogens is 1. The van der Waals surface area contributed by atoms with Crippen molar-refractivity contribution in [2.45, 2.75) is 31.8 Å². The summed E-state index contributed by atoms with van der Waals surface area (Å²) in [7, 11) is 3.50. The molecule has 150 valence electrons. The summed E-state index contributed by atoms with van der Waals surface area (Å²) < 4.78 is 22.6. The van der Waals surface area contributed by atoms with Crippen LogP contribution in [-0.2, 0) is 0 Å². The summed E-state index contributed by atoms with van der Waals surface area (Å²) in [5.41, 5.74) is -0.216. The van der Waals surface area contributed by atoms with Crippen LogP contribution in [0.2, 0.25) is 0 Å². The number of hydrogen-bond donors (Lipinski definition) is 1. The fourth-order valence-corrected chi connectivity index (χ4v) is 3.98. The molecule has 1 aromatic heterocycles. The Morgan fingerprint density at radius 3 is 2.61 bits per heavy atom. The molecule has 1 aromatic carbocycles. The molecule has 0 unspecified atom stereocenters. The molecule has 4 rings (SSSR count). The van der Waals surface area contributed by atoms with Crippen molar-refractivity contribution in [2.24, 2.45) is 0 Å². The lowest BCUT2D eigenvalue weighted by Gasteiger charge is -2.39. The van der Waals surface area contributed by atoms with Gasteiger partial charge in [0.05, 0.1) is 18.0 Å². The van der Waals surface area contributed by atoms with E-state index in [0.717, 1.165) is 19.4 Å². The third kappa shape index (κ3) is 2.92. The van der Waals surface area contributed by atoms with Crippen LogP contribution in [0, 0.1) is 5.82 Å². The van der Waals surface area contributed by atoms with Crippen LogP contribution in [0.1, 0.15) is 36.2 Å². The van der Waals surface area contributed by atoms with Gasteiger partial charge in [0, 0.05) is 37.9 Å². The van der Waals surface area contributed by atoms with Gasteiger partial charge in [0.25, 0.3) is 0 Å². The summed E-state index contributed by atoms with van der Waals surface area (Å²) in [5, 5.41) is 9.46. The highest BCUT2D eigenvalue weighted by molar-refractivity contribution is 5.97. The highest BCUT2D eigenvalue weighted by atomic mass is 19.1. The number of fused-ring (bicyclic) bond motifs is 1. The molecule has 1 saturated heterocycles. The second-order valence-corrected chi connectivity index (χ2v) is 7.73.